The topological polar surface area (TPSA) is 62.3 Å². The molecule has 0 spiro atoms. The molecule has 1 aliphatic heterocycles. The van der Waals surface area contributed by atoms with Crippen molar-refractivity contribution in [3.63, 3.8) is 0 Å². The van der Waals surface area contributed by atoms with Crippen LogP contribution >= 0.6 is 0 Å². The summed E-state index contributed by atoms with van der Waals surface area (Å²) in [5.74, 6) is 1.68. The van der Waals surface area contributed by atoms with Crippen molar-refractivity contribution < 1.29 is 4.74 Å². The number of ether oxygens (including phenoxy) is 1. The maximum Gasteiger partial charge on any atom is 0.225 e. The van der Waals surface area contributed by atoms with Crippen molar-refractivity contribution in [1.29, 1.82) is 0 Å². The zero-order valence-corrected chi connectivity index (χ0v) is 13.5. The highest BCUT2D eigenvalue weighted by atomic mass is 16.5. The first kappa shape index (κ1) is 15.5. The molecule has 1 saturated heterocycles. The molecule has 0 bridgehead atoms. The first-order valence-corrected chi connectivity index (χ1v) is 8.46. The van der Waals surface area contributed by atoms with Gasteiger partial charge in [-0.1, -0.05) is 12.8 Å². The third kappa shape index (κ3) is 4.55. The van der Waals surface area contributed by atoms with Gasteiger partial charge < -0.3 is 15.4 Å². The number of nitrogens with zero attached hydrogens (tertiary/aromatic N) is 3. The van der Waals surface area contributed by atoms with E-state index in [9.17, 15) is 0 Å². The van der Waals surface area contributed by atoms with Crippen molar-refractivity contribution in [2.45, 2.75) is 38.6 Å². The normalized spacial score (nSPS) is 20.2. The molecule has 1 aliphatic carbocycles. The maximum absolute atomic E-state index is 5.37. The van der Waals surface area contributed by atoms with Gasteiger partial charge in [0.15, 0.2) is 0 Å². The molecule has 2 aliphatic rings. The Kier molecular flexibility index (Phi) is 5.45. The van der Waals surface area contributed by atoms with Crippen molar-refractivity contribution in [3.05, 3.63) is 11.8 Å². The van der Waals surface area contributed by atoms with Crippen LogP contribution in [-0.2, 0) is 4.74 Å². The number of aromatic nitrogens is 2. The lowest BCUT2D eigenvalue weighted by atomic mass is 10.2. The van der Waals surface area contributed by atoms with Crippen LogP contribution in [0.3, 0.4) is 0 Å². The van der Waals surface area contributed by atoms with E-state index in [0.29, 0.717) is 6.04 Å². The van der Waals surface area contributed by atoms with Crippen LogP contribution < -0.4 is 10.6 Å². The van der Waals surface area contributed by atoms with Gasteiger partial charge in [-0.25, -0.2) is 4.98 Å². The molecule has 6 heteroatoms. The minimum Gasteiger partial charge on any atom is -0.379 e. The molecule has 6 nitrogen and oxygen atoms in total. The minimum atomic E-state index is 0.544. The second-order valence-electron chi connectivity index (χ2n) is 6.22. The van der Waals surface area contributed by atoms with Gasteiger partial charge >= 0.3 is 0 Å². The molecule has 0 unspecified atom stereocenters. The molecule has 2 fully saturated rings. The van der Waals surface area contributed by atoms with E-state index < -0.39 is 0 Å². The quantitative estimate of drug-likeness (QED) is 0.837. The summed E-state index contributed by atoms with van der Waals surface area (Å²) < 4.78 is 5.37. The Labute approximate surface area is 132 Å². The summed E-state index contributed by atoms with van der Waals surface area (Å²) >= 11 is 0. The average molecular weight is 305 g/mol. The number of aryl methyl sites for hydroxylation is 1. The molecule has 0 atom stereocenters. The second-order valence-corrected chi connectivity index (χ2v) is 6.22. The molecule has 0 aromatic carbocycles. The van der Waals surface area contributed by atoms with Gasteiger partial charge in [0, 0.05) is 44.0 Å². The Morgan fingerprint density at radius 3 is 2.77 bits per heavy atom. The average Bonchev–Trinajstić information content (AvgIpc) is 3.01. The lowest BCUT2D eigenvalue weighted by Crippen LogP contribution is -2.39. The van der Waals surface area contributed by atoms with Crippen LogP contribution in [-0.4, -0.2) is 60.3 Å². The van der Waals surface area contributed by atoms with Gasteiger partial charge in [-0.05, 0) is 19.8 Å². The first-order valence-electron chi connectivity index (χ1n) is 8.46. The van der Waals surface area contributed by atoms with Crippen molar-refractivity contribution in [3.8, 4) is 0 Å². The largest absolute Gasteiger partial charge is 0.379 e. The molecule has 22 heavy (non-hydrogen) atoms. The van der Waals surface area contributed by atoms with Crippen molar-refractivity contribution >= 4 is 11.8 Å². The van der Waals surface area contributed by atoms with Crippen molar-refractivity contribution in [2.75, 3.05) is 50.0 Å². The minimum absolute atomic E-state index is 0.544. The molecular formula is C16H27N5O. The third-order valence-corrected chi connectivity index (χ3v) is 4.38. The number of nitrogens with one attached hydrogen (secondary N) is 2. The number of morpholine rings is 1. The predicted molar refractivity (Wildman–Crippen MR) is 88.4 cm³/mol. The van der Waals surface area contributed by atoms with Crippen LogP contribution in [0.4, 0.5) is 11.8 Å². The molecule has 2 heterocycles. The Hall–Kier alpha value is -1.40. The molecule has 1 aromatic heterocycles. The third-order valence-electron chi connectivity index (χ3n) is 4.38. The maximum atomic E-state index is 5.37. The van der Waals surface area contributed by atoms with Gasteiger partial charge in [-0.15, -0.1) is 0 Å². The van der Waals surface area contributed by atoms with Gasteiger partial charge in [-0.2, -0.15) is 4.98 Å². The lowest BCUT2D eigenvalue weighted by molar-refractivity contribution is 0.0398. The van der Waals surface area contributed by atoms with E-state index in [1.165, 1.54) is 25.7 Å². The highest BCUT2D eigenvalue weighted by molar-refractivity contribution is 5.42. The molecule has 2 N–H and O–H groups in total. The molecule has 1 saturated carbocycles. The van der Waals surface area contributed by atoms with Gasteiger partial charge in [0.25, 0.3) is 0 Å². The van der Waals surface area contributed by atoms with Gasteiger partial charge in [0.1, 0.15) is 5.82 Å². The van der Waals surface area contributed by atoms with E-state index in [-0.39, 0.29) is 0 Å². The summed E-state index contributed by atoms with van der Waals surface area (Å²) in [6.45, 7) is 7.70. The Morgan fingerprint density at radius 2 is 2.00 bits per heavy atom. The molecule has 0 radical (unpaired) electrons. The Balaban J connectivity index is 1.50. The van der Waals surface area contributed by atoms with Crippen molar-refractivity contribution in [2.24, 2.45) is 0 Å². The molecule has 1 aromatic rings. The van der Waals surface area contributed by atoms with Crippen molar-refractivity contribution in [1.82, 2.24) is 14.9 Å². The Morgan fingerprint density at radius 1 is 1.23 bits per heavy atom. The monoisotopic (exact) mass is 305 g/mol. The van der Waals surface area contributed by atoms with Gasteiger partial charge in [0.2, 0.25) is 5.95 Å². The van der Waals surface area contributed by atoms with Gasteiger partial charge in [-0.3, -0.25) is 4.90 Å². The second kappa shape index (κ2) is 7.74. The van der Waals surface area contributed by atoms with Gasteiger partial charge in [0.05, 0.1) is 13.2 Å². The molecule has 0 amide bonds. The molecule has 122 valence electrons. The van der Waals surface area contributed by atoms with E-state index in [4.69, 9.17) is 4.74 Å². The lowest BCUT2D eigenvalue weighted by Gasteiger charge is -2.26. The van der Waals surface area contributed by atoms with E-state index >= 15 is 0 Å². The Bertz CT molecular complexity index is 470. The zero-order chi connectivity index (χ0) is 15.2. The predicted octanol–water partition coefficient (Wildman–Crippen LogP) is 1.88. The van der Waals surface area contributed by atoms with Crippen LogP contribution in [0.25, 0.3) is 0 Å². The summed E-state index contributed by atoms with van der Waals surface area (Å²) in [6, 6.07) is 2.56. The number of rotatable bonds is 6. The first-order chi connectivity index (χ1) is 10.8. The van der Waals surface area contributed by atoms with E-state index in [1.54, 1.807) is 0 Å². The summed E-state index contributed by atoms with van der Waals surface area (Å²) in [7, 11) is 0. The van der Waals surface area contributed by atoms with Crippen LogP contribution in [0.5, 0.6) is 0 Å². The summed E-state index contributed by atoms with van der Waals surface area (Å²) in [6.07, 6.45) is 5.09. The molecule has 3 rings (SSSR count). The fourth-order valence-corrected chi connectivity index (χ4v) is 3.14. The fourth-order valence-electron chi connectivity index (χ4n) is 3.14. The van der Waals surface area contributed by atoms with Crippen LogP contribution in [0, 0.1) is 6.92 Å². The highest BCUT2D eigenvalue weighted by Gasteiger charge is 2.16. The van der Waals surface area contributed by atoms with E-state index in [1.807, 2.05) is 13.0 Å². The van der Waals surface area contributed by atoms with Crippen LogP contribution in [0.1, 0.15) is 31.4 Å². The molecular weight excluding hydrogens is 278 g/mol. The standard InChI is InChI=1S/C16H27N5O/c1-13-12-15(17-6-7-21-8-10-22-11-9-21)20-16(18-13)19-14-4-2-3-5-14/h12,14H,2-11H2,1H3,(H2,17,18,19,20). The highest BCUT2D eigenvalue weighted by Crippen LogP contribution is 2.21. The summed E-state index contributed by atoms with van der Waals surface area (Å²) in [5.41, 5.74) is 1.00. The van der Waals surface area contributed by atoms with Crippen LogP contribution in [0.15, 0.2) is 6.07 Å². The van der Waals surface area contributed by atoms with E-state index in [2.05, 4.69) is 25.5 Å². The van der Waals surface area contributed by atoms with E-state index in [0.717, 1.165) is 56.9 Å². The van der Waals surface area contributed by atoms with Crippen LogP contribution in [0.2, 0.25) is 0 Å². The SMILES string of the molecule is Cc1cc(NCCN2CCOCC2)nc(NC2CCCC2)n1. The zero-order valence-electron chi connectivity index (χ0n) is 13.5. The number of hydrogen-bond donors (Lipinski definition) is 2. The smallest absolute Gasteiger partial charge is 0.225 e. The summed E-state index contributed by atoms with van der Waals surface area (Å²) in [4.78, 5) is 11.5. The number of hydrogen-bond acceptors (Lipinski definition) is 6. The summed E-state index contributed by atoms with van der Waals surface area (Å²) in [5, 5.41) is 6.90. The fraction of sp³-hybridized carbons (Fsp3) is 0.750. The number of anilines is 2.